The van der Waals surface area contributed by atoms with Crippen LogP contribution in [0.5, 0.6) is 0 Å². The van der Waals surface area contributed by atoms with Gasteiger partial charge in [-0.3, -0.25) is 14.3 Å². The Bertz CT molecular complexity index is 1320. The van der Waals surface area contributed by atoms with Crippen LogP contribution in [0.15, 0.2) is 43.6 Å². The third-order valence-electron chi connectivity index (χ3n) is 5.07. The van der Waals surface area contributed by atoms with Gasteiger partial charge in [0.2, 0.25) is 0 Å². The van der Waals surface area contributed by atoms with Gasteiger partial charge in [0, 0.05) is 28.7 Å². The number of rotatable bonds is 2. The van der Waals surface area contributed by atoms with Crippen molar-refractivity contribution in [2.24, 2.45) is 0 Å². The van der Waals surface area contributed by atoms with E-state index in [-0.39, 0.29) is 33.0 Å². The van der Waals surface area contributed by atoms with Crippen molar-refractivity contribution in [3.05, 3.63) is 67.3 Å². The highest BCUT2D eigenvalue weighted by atomic mass is 35.5. The first-order valence-electron chi connectivity index (χ1n) is 8.84. The van der Waals surface area contributed by atoms with Crippen LogP contribution in [0.4, 0.5) is 22.0 Å². The first kappa shape index (κ1) is 21.8. The molecule has 4 rings (SSSR count). The summed E-state index contributed by atoms with van der Waals surface area (Å²) in [4.78, 5) is 26.7. The molecule has 0 spiro atoms. The summed E-state index contributed by atoms with van der Waals surface area (Å²) in [6, 6.07) is 3.04. The second-order valence-corrected chi connectivity index (χ2v) is 9.54. The molecule has 0 aliphatic carbocycles. The van der Waals surface area contributed by atoms with Gasteiger partial charge < -0.3 is 4.74 Å². The van der Waals surface area contributed by atoms with Gasteiger partial charge in [0.15, 0.2) is 0 Å². The molecule has 12 heteroatoms. The quantitative estimate of drug-likeness (QED) is 0.330. The van der Waals surface area contributed by atoms with E-state index < -0.39 is 56.6 Å². The van der Waals surface area contributed by atoms with Gasteiger partial charge in [-0.2, -0.15) is 24.1 Å². The zero-order valence-corrected chi connectivity index (χ0v) is 17.3. The molecule has 1 aliphatic rings. The number of methoxy groups -OCH3 is 1. The van der Waals surface area contributed by atoms with Crippen molar-refractivity contribution in [1.29, 1.82) is 0 Å². The zero-order chi connectivity index (χ0) is 22.7. The van der Waals surface area contributed by atoms with E-state index in [0.29, 0.717) is 12.1 Å². The molecule has 1 aliphatic heterocycles. The van der Waals surface area contributed by atoms with Gasteiger partial charge in [0.1, 0.15) is 11.6 Å². The Morgan fingerprint density at radius 2 is 1.84 bits per heavy atom. The van der Waals surface area contributed by atoms with Crippen LogP contribution in [-0.2, 0) is 17.5 Å². The fraction of sp³-hybridized carbons (Fsp3) is 0.263. The number of aromatic amines is 1. The maximum atomic E-state index is 14.7. The summed E-state index contributed by atoms with van der Waals surface area (Å²) in [5.41, 5.74) is -2.98. The van der Waals surface area contributed by atoms with Gasteiger partial charge in [-0.15, -0.1) is 0 Å². The van der Waals surface area contributed by atoms with Gasteiger partial charge in [-0.25, -0.2) is 13.6 Å². The second kappa shape index (κ2) is 7.64. The fourth-order valence-corrected chi connectivity index (χ4v) is 6.58. The van der Waals surface area contributed by atoms with Crippen LogP contribution in [-0.4, -0.2) is 28.5 Å². The minimum atomic E-state index is -4.80. The molecule has 1 unspecified atom stereocenters. The molecule has 3 aromatic rings. The summed E-state index contributed by atoms with van der Waals surface area (Å²) in [7, 11) is -0.601. The third-order valence-corrected chi connectivity index (χ3v) is 7.98. The van der Waals surface area contributed by atoms with E-state index in [1.54, 1.807) is 0 Å². The fourth-order valence-electron chi connectivity index (χ4n) is 3.61. The lowest BCUT2D eigenvalue weighted by Gasteiger charge is -2.26. The van der Waals surface area contributed by atoms with Crippen molar-refractivity contribution in [1.82, 2.24) is 9.55 Å². The third kappa shape index (κ3) is 3.74. The number of halogens is 6. The number of hydrogen-bond acceptors (Lipinski definition) is 3. The number of H-pyrrole nitrogens is 1. The standard InChI is InChI=1S/C19H14ClF5N2O3S/c1-30-9-6-27-16-10(17(28)26-18(27)29)2-8(19(23,24)25)3-15(16)31(7-9)14-4-11(20)12(21)5-13(14)22/h2-5,9,31H,6-7H2,1H3,(H,26,28,29)/t9-/m1/s1. The first-order valence-corrected chi connectivity index (χ1v) is 10.7. The minimum Gasteiger partial charge on any atom is -0.379 e. The number of benzene rings is 2. The largest absolute Gasteiger partial charge is 0.416 e. The molecule has 2 heterocycles. The number of alkyl halides is 3. The van der Waals surface area contributed by atoms with Gasteiger partial charge in [0.05, 0.1) is 34.1 Å². The molecule has 0 bridgehead atoms. The van der Waals surface area contributed by atoms with Crippen molar-refractivity contribution in [2.45, 2.75) is 28.6 Å². The van der Waals surface area contributed by atoms with Gasteiger partial charge in [-0.05, 0) is 18.2 Å². The number of nitrogens with one attached hydrogen (secondary N) is 1. The Hall–Kier alpha value is -2.37. The lowest BCUT2D eigenvalue weighted by Crippen LogP contribution is -2.34. The maximum absolute atomic E-state index is 14.7. The predicted octanol–water partition coefficient (Wildman–Crippen LogP) is 4.09. The molecule has 0 saturated heterocycles. The summed E-state index contributed by atoms with van der Waals surface area (Å²) < 4.78 is 75.7. The predicted molar refractivity (Wildman–Crippen MR) is 106 cm³/mol. The SMILES string of the molecule is CO[C@@H]1Cn2c(=O)[nH]c(=O)c3cc(C(F)(F)F)cc(c32)[SH](c2cc(Cl)c(F)cc2F)C1. The lowest BCUT2D eigenvalue weighted by atomic mass is 10.1. The van der Waals surface area contributed by atoms with Crippen LogP contribution in [0.25, 0.3) is 10.9 Å². The van der Waals surface area contributed by atoms with Gasteiger partial charge >= 0.3 is 11.9 Å². The van der Waals surface area contributed by atoms with Crippen molar-refractivity contribution in [3.63, 3.8) is 0 Å². The molecule has 0 saturated carbocycles. The molecule has 0 radical (unpaired) electrons. The van der Waals surface area contributed by atoms with Gasteiger partial charge in [0.25, 0.3) is 5.56 Å². The second-order valence-electron chi connectivity index (χ2n) is 6.95. The van der Waals surface area contributed by atoms with E-state index >= 15 is 0 Å². The monoisotopic (exact) mass is 480 g/mol. The lowest BCUT2D eigenvalue weighted by molar-refractivity contribution is -0.137. The molecule has 5 nitrogen and oxygen atoms in total. The van der Waals surface area contributed by atoms with Crippen molar-refractivity contribution in [2.75, 3.05) is 12.9 Å². The van der Waals surface area contributed by atoms with E-state index in [1.165, 1.54) is 7.11 Å². The highest BCUT2D eigenvalue weighted by Gasteiger charge is 2.35. The van der Waals surface area contributed by atoms with Crippen LogP contribution in [0, 0.1) is 11.6 Å². The number of hydrogen-bond donors (Lipinski definition) is 2. The average Bonchev–Trinajstić information content (AvgIpc) is 2.85. The topological polar surface area (TPSA) is 64.1 Å². The Kier molecular flexibility index (Phi) is 5.39. The van der Waals surface area contributed by atoms with Crippen molar-refractivity contribution >= 4 is 33.4 Å². The molecule has 0 fully saturated rings. The molecular weight excluding hydrogens is 467 g/mol. The number of ether oxygens (including phenoxy) is 1. The van der Waals surface area contributed by atoms with E-state index in [4.69, 9.17) is 16.3 Å². The van der Waals surface area contributed by atoms with E-state index in [0.717, 1.165) is 16.7 Å². The molecule has 0 amide bonds. The molecule has 2 aromatic carbocycles. The van der Waals surface area contributed by atoms with Crippen LogP contribution in [0.3, 0.4) is 0 Å². The molecule has 1 aromatic heterocycles. The minimum absolute atomic E-state index is 0.0242. The highest BCUT2D eigenvalue weighted by Crippen LogP contribution is 2.52. The zero-order valence-electron chi connectivity index (χ0n) is 15.7. The normalized spacial score (nSPS) is 20.1. The average molecular weight is 481 g/mol. The summed E-state index contributed by atoms with van der Waals surface area (Å²) in [6.07, 6.45) is -5.49. The molecule has 1 N–H and O–H groups in total. The Labute approximate surface area is 178 Å². The van der Waals surface area contributed by atoms with E-state index in [9.17, 15) is 31.5 Å². The Morgan fingerprint density at radius 3 is 2.48 bits per heavy atom. The number of aromatic nitrogens is 2. The first-order chi connectivity index (χ1) is 14.5. The molecular formula is C19H14ClF5N2O3S. The van der Waals surface area contributed by atoms with Crippen LogP contribution < -0.4 is 11.2 Å². The Morgan fingerprint density at radius 1 is 1.13 bits per heavy atom. The highest BCUT2D eigenvalue weighted by molar-refractivity contribution is 8.17. The van der Waals surface area contributed by atoms with Crippen LogP contribution in [0.2, 0.25) is 5.02 Å². The maximum Gasteiger partial charge on any atom is 0.416 e. The molecule has 31 heavy (non-hydrogen) atoms. The summed E-state index contributed by atoms with van der Waals surface area (Å²) in [5, 5.41) is -0.758. The summed E-state index contributed by atoms with van der Waals surface area (Å²) in [5.74, 6) is -1.98. The number of nitrogens with zero attached hydrogens (tertiary/aromatic N) is 1. The van der Waals surface area contributed by atoms with Gasteiger partial charge in [-0.1, -0.05) is 11.6 Å². The number of thiol groups is 1. The molecule has 166 valence electrons. The van der Waals surface area contributed by atoms with E-state index in [2.05, 4.69) is 0 Å². The summed E-state index contributed by atoms with van der Waals surface area (Å²) >= 11 is 5.82. The Balaban J connectivity index is 2.15. The summed E-state index contributed by atoms with van der Waals surface area (Å²) in [6.45, 7) is -0.0731. The smallest absolute Gasteiger partial charge is 0.379 e. The van der Waals surface area contributed by atoms with Crippen molar-refractivity contribution in [3.8, 4) is 0 Å². The van der Waals surface area contributed by atoms with Crippen LogP contribution in [0.1, 0.15) is 5.56 Å². The van der Waals surface area contributed by atoms with E-state index in [1.807, 2.05) is 4.98 Å². The van der Waals surface area contributed by atoms with Crippen LogP contribution >= 0.6 is 22.5 Å². The molecule has 2 atom stereocenters. The van der Waals surface area contributed by atoms with Crippen molar-refractivity contribution < 1.29 is 26.7 Å².